The fourth-order valence-electron chi connectivity index (χ4n) is 5.67. The first-order chi connectivity index (χ1) is 20.7. The van der Waals surface area contributed by atoms with Gasteiger partial charge in [0.2, 0.25) is 17.5 Å². The molecular formula is C34H37N3O6. The van der Waals surface area contributed by atoms with Crippen LogP contribution in [-0.2, 0) is 9.59 Å². The van der Waals surface area contributed by atoms with E-state index in [9.17, 15) is 9.59 Å². The number of hydrogen-bond donors (Lipinski definition) is 1. The van der Waals surface area contributed by atoms with Crippen molar-refractivity contribution in [3.8, 4) is 51.2 Å². The molecular weight excluding hydrogens is 546 g/mol. The quantitative estimate of drug-likeness (QED) is 0.214. The van der Waals surface area contributed by atoms with Crippen LogP contribution in [0, 0.1) is 19.8 Å². The number of aryl methyl sites for hydroxylation is 2. The summed E-state index contributed by atoms with van der Waals surface area (Å²) in [5.74, 6) is 1.26. The van der Waals surface area contributed by atoms with Gasteiger partial charge in [-0.05, 0) is 68.1 Å². The molecule has 5 rings (SSSR count). The maximum atomic E-state index is 12.8. The Morgan fingerprint density at radius 2 is 1.51 bits per heavy atom. The van der Waals surface area contributed by atoms with Gasteiger partial charge in [-0.25, -0.2) is 0 Å². The largest absolute Gasteiger partial charge is 0.493 e. The Bertz CT molecular complexity index is 1630. The number of nitrogens with one attached hydrogen (secondary N) is 1. The summed E-state index contributed by atoms with van der Waals surface area (Å²) in [5.41, 5.74) is 6.07. The number of amides is 1. The van der Waals surface area contributed by atoms with Crippen LogP contribution in [-0.4, -0.2) is 43.0 Å². The molecule has 1 fully saturated rings. The molecule has 1 aliphatic rings. The van der Waals surface area contributed by atoms with Gasteiger partial charge in [0, 0.05) is 24.1 Å². The van der Waals surface area contributed by atoms with Crippen LogP contribution in [0.2, 0.25) is 0 Å². The zero-order valence-electron chi connectivity index (χ0n) is 25.4. The van der Waals surface area contributed by atoms with Gasteiger partial charge in [0.1, 0.15) is 5.69 Å². The molecule has 0 unspecified atom stereocenters. The predicted octanol–water partition coefficient (Wildman–Crippen LogP) is 6.90. The van der Waals surface area contributed by atoms with Crippen LogP contribution in [0.3, 0.4) is 0 Å². The van der Waals surface area contributed by atoms with Crippen molar-refractivity contribution in [2.75, 3.05) is 26.6 Å². The molecule has 1 N–H and O–H groups in total. The Labute approximate surface area is 251 Å². The van der Waals surface area contributed by atoms with Crippen molar-refractivity contribution in [3.63, 3.8) is 0 Å². The van der Waals surface area contributed by atoms with Crippen LogP contribution in [0.25, 0.3) is 28.1 Å². The summed E-state index contributed by atoms with van der Waals surface area (Å²) in [6.07, 6.45) is 4.02. The van der Waals surface area contributed by atoms with Crippen LogP contribution >= 0.6 is 0 Å². The van der Waals surface area contributed by atoms with Gasteiger partial charge in [-0.15, -0.1) is 0 Å². The maximum Gasteiger partial charge on any atom is 0.309 e. The molecule has 1 saturated carbocycles. The Morgan fingerprint density at radius 1 is 0.860 bits per heavy atom. The standard InChI is InChI=1S/C34H37N3O6/c1-20-11-16-27(21(2)17-20)37-34(43-22(3)38)30(23-12-14-26(15-13-23)35-33(39)24-9-7-8-10-24)31(36-37)25-18-28(40-4)32(42-6)29(19-25)41-5/h11-19,24H,7-10H2,1-6H3,(H,35,39). The molecule has 0 saturated heterocycles. The van der Waals surface area contributed by atoms with Crippen LogP contribution in [0.1, 0.15) is 43.7 Å². The van der Waals surface area contributed by atoms with Gasteiger partial charge in [-0.3, -0.25) is 9.59 Å². The minimum atomic E-state index is -0.482. The molecule has 0 spiro atoms. The minimum absolute atomic E-state index is 0.0478. The van der Waals surface area contributed by atoms with E-state index in [2.05, 4.69) is 11.4 Å². The summed E-state index contributed by atoms with van der Waals surface area (Å²) in [6, 6.07) is 17.1. The molecule has 1 amide bonds. The number of esters is 1. The first-order valence-corrected chi connectivity index (χ1v) is 14.3. The highest BCUT2D eigenvalue weighted by Gasteiger charge is 2.28. The average Bonchev–Trinajstić information content (AvgIpc) is 3.66. The summed E-state index contributed by atoms with van der Waals surface area (Å²) < 4.78 is 24.4. The molecule has 0 aliphatic heterocycles. The smallest absolute Gasteiger partial charge is 0.309 e. The lowest BCUT2D eigenvalue weighted by Crippen LogP contribution is -2.20. The molecule has 0 radical (unpaired) electrons. The van der Waals surface area contributed by atoms with E-state index >= 15 is 0 Å². The number of nitrogens with zero attached hydrogens (tertiary/aromatic N) is 2. The third-order valence-electron chi connectivity index (χ3n) is 7.77. The number of hydrogen-bond acceptors (Lipinski definition) is 7. The second kappa shape index (κ2) is 12.6. The lowest BCUT2D eigenvalue weighted by atomic mass is 10.00. The predicted molar refractivity (Wildman–Crippen MR) is 165 cm³/mol. The zero-order valence-corrected chi connectivity index (χ0v) is 25.4. The number of anilines is 1. The number of methoxy groups -OCH3 is 3. The molecule has 3 aromatic carbocycles. The summed E-state index contributed by atoms with van der Waals surface area (Å²) in [5, 5.41) is 8.07. The van der Waals surface area contributed by atoms with Crippen LogP contribution in [0.15, 0.2) is 54.6 Å². The Balaban J connectivity index is 1.71. The first kappa shape index (κ1) is 29.7. The highest BCUT2D eigenvalue weighted by Crippen LogP contribution is 2.46. The maximum absolute atomic E-state index is 12.8. The van der Waals surface area contributed by atoms with Crippen molar-refractivity contribution in [2.24, 2.45) is 5.92 Å². The van der Waals surface area contributed by atoms with E-state index in [0.29, 0.717) is 39.8 Å². The molecule has 1 aromatic heterocycles. The SMILES string of the molecule is COc1cc(-c2nn(-c3ccc(C)cc3C)c(OC(C)=O)c2-c2ccc(NC(=O)C3CCCC3)cc2)cc(OC)c1OC. The van der Waals surface area contributed by atoms with Crippen molar-refractivity contribution in [2.45, 2.75) is 46.5 Å². The molecule has 224 valence electrons. The van der Waals surface area contributed by atoms with Crippen molar-refractivity contribution in [1.82, 2.24) is 9.78 Å². The third-order valence-corrected chi connectivity index (χ3v) is 7.77. The number of carbonyl (C=O) groups excluding carboxylic acids is 2. The molecule has 9 nitrogen and oxygen atoms in total. The van der Waals surface area contributed by atoms with Crippen LogP contribution < -0.4 is 24.3 Å². The number of aromatic nitrogens is 2. The molecule has 43 heavy (non-hydrogen) atoms. The summed E-state index contributed by atoms with van der Waals surface area (Å²) >= 11 is 0. The average molecular weight is 584 g/mol. The molecule has 0 bridgehead atoms. The summed E-state index contributed by atoms with van der Waals surface area (Å²) in [4.78, 5) is 25.2. The van der Waals surface area contributed by atoms with Gasteiger partial charge in [-0.1, -0.05) is 42.7 Å². The molecule has 4 aromatic rings. The fourth-order valence-corrected chi connectivity index (χ4v) is 5.67. The highest BCUT2D eigenvalue weighted by atomic mass is 16.5. The van der Waals surface area contributed by atoms with Crippen LogP contribution in [0.5, 0.6) is 23.1 Å². The monoisotopic (exact) mass is 583 g/mol. The lowest BCUT2D eigenvalue weighted by Gasteiger charge is -2.14. The second-order valence-electron chi connectivity index (χ2n) is 10.8. The highest BCUT2D eigenvalue weighted by molar-refractivity contribution is 5.94. The minimum Gasteiger partial charge on any atom is -0.493 e. The van der Waals surface area contributed by atoms with E-state index in [1.165, 1.54) is 6.92 Å². The molecule has 1 aliphatic carbocycles. The molecule has 9 heteroatoms. The summed E-state index contributed by atoms with van der Waals surface area (Å²) in [7, 11) is 4.66. The number of ether oxygens (including phenoxy) is 4. The lowest BCUT2D eigenvalue weighted by molar-refractivity contribution is -0.132. The van der Waals surface area contributed by atoms with Gasteiger partial charge in [0.15, 0.2) is 11.5 Å². The van der Waals surface area contributed by atoms with E-state index < -0.39 is 5.97 Å². The normalized spacial score (nSPS) is 13.1. The molecule has 1 heterocycles. The number of rotatable bonds is 9. The van der Waals surface area contributed by atoms with Gasteiger partial charge in [0.25, 0.3) is 0 Å². The van der Waals surface area contributed by atoms with Crippen molar-refractivity contribution < 1.29 is 28.5 Å². The third kappa shape index (κ3) is 6.07. The topological polar surface area (TPSA) is 101 Å². The van der Waals surface area contributed by atoms with Gasteiger partial charge < -0.3 is 24.3 Å². The Hall–Kier alpha value is -4.79. The van der Waals surface area contributed by atoms with E-state index in [1.807, 2.05) is 62.4 Å². The molecule has 0 atom stereocenters. The fraction of sp³-hybridized carbons (Fsp3) is 0.324. The number of benzene rings is 3. The van der Waals surface area contributed by atoms with E-state index in [4.69, 9.17) is 24.0 Å². The Morgan fingerprint density at radius 3 is 2.07 bits per heavy atom. The van der Waals surface area contributed by atoms with Gasteiger partial charge in [0.05, 0.1) is 32.6 Å². The van der Waals surface area contributed by atoms with Gasteiger partial charge in [-0.2, -0.15) is 9.78 Å². The zero-order chi connectivity index (χ0) is 30.7. The van der Waals surface area contributed by atoms with Crippen molar-refractivity contribution in [1.29, 1.82) is 0 Å². The first-order valence-electron chi connectivity index (χ1n) is 14.3. The number of carbonyl (C=O) groups is 2. The Kier molecular flexibility index (Phi) is 8.71. The van der Waals surface area contributed by atoms with Gasteiger partial charge >= 0.3 is 5.97 Å². The van der Waals surface area contributed by atoms with Crippen molar-refractivity contribution >= 4 is 17.6 Å². The van der Waals surface area contributed by atoms with Crippen LogP contribution in [0.4, 0.5) is 5.69 Å². The van der Waals surface area contributed by atoms with E-state index in [-0.39, 0.29) is 17.7 Å². The van der Waals surface area contributed by atoms with E-state index in [0.717, 1.165) is 48.1 Å². The van der Waals surface area contributed by atoms with E-state index in [1.54, 1.807) is 26.0 Å². The van der Waals surface area contributed by atoms with Crippen molar-refractivity contribution in [3.05, 3.63) is 65.7 Å². The second-order valence-corrected chi connectivity index (χ2v) is 10.8. The summed E-state index contributed by atoms with van der Waals surface area (Å²) in [6.45, 7) is 5.37.